The monoisotopic (exact) mass is 413 g/mol. The quantitative estimate of drug-likeness (QED) is 0.627. The van der Waals surface area contributed by atoms with Crippen LogP contribution in [0.3, 0.4) is 0 Å². The first kappa shape index (κ1) is 19.7. The summed E-state index contributed by atoms with van der Waals surface area (Å²) in [7, 11) is 0. The van der Waals surface area contributed by atoms with Gasteiger partial charge in [0.2, 0.25) is 5.91 Å². The van der Waals surface area contributed by atoms with Gasteiger partial charge in [-0.1, -0.05) is 24.6 Å². The second kappa shape index (κ2) is 8.84. The van der Waals surface area contributed by atoms with Crippen LogP contribution in [-0.2, 0) is 4.79 Å². The summed E-state index contributed by atoms with van der Waals surface area (Å²) in [4.78, 5) is 29.2. The zero-order valence-corrected chi connectivity index (χ0v) is 17.6. The van der Waals surface area contributed by atoms with E-state index in [1.165, 1.54) is 0 Å². The normalized spacial score (nSPS) is 19.0. The number of piperidine rings is 1. The van der Waals surface area contributed by atoms with Crippen LogP contribution in [0.25, 0.3) is 11.3 Å². The summed E-state index contributed by atoms with van der Waals surface area (Å²) in [6.07, 6.45) is 9.80. The minimum Gasteiger partial charge on any atom is -0.340 e. The lowest BCUT2D eigenvalue weighted by atomic mass is 9.83. The lowest BCUT2D eigenvalue weighted by Crippen LogP contribution is -2.44. The van der Waals surface area contributed by atoms with Crippen LogP contribution in [0.2, 0.25) is 0 Å². The van der Waals surface area contributed by atoms with Crippen molar-refractivity contribution < 1.29 is 4.79 Å². The Kier molecular flexibility index (Phi) is 5.61. The zero-order chi connectivity index (χ0) is 21.0. The fourth-order valence-corrected chi connectivity index (χ4v) is 4.36. The highest BCUT2D eigenvalue weighted by Gasteiger charge is 2.36. The van der Waals surface area contributed by atoms with E-state index in [-0.39, 0.29) is 17.9 Å². The summed E-state index contributed by atoms with van der Waals surface area (Å²) in [5, 5.41) is 3.41. The van der Waals surface area contributed by atoms with Crippen LogP contribution >= 0.6 is 0 Å². The van der Waals surface area contributed by atoms with Gasteiger partial charge in [-0.15, -0.1) is 0 Å². The van der Waals surface area contributed by atoms with E-state index >= 15 is 0 Å². The Hall–Kier alpha value is -3.28. The topological polar surface area (TPSA) is 71.0 Å². The predicted molar refractivity (Wildman–Crippen MR) is 121 cm³/mol. The minimum atomic E-state index is -0.0743. The van der Waals surface area contributed by atoms with Crippen molar-refractivity contribution in [2.24, 2.45) is 5.92 Å². The molecular weight excluding hydrogens is 386 g/mol. The highest BCUT2D eigenvalue weighted by Crippen LogP contribution is 2.36. The minimum absolute atomic E-state index is 0.0743. The number of nitrogens with one attached hydrogen (secondary N) is 1. The Morgan fingerprint density at radius 3 is 2.58 bits per heavy atom. The molecule has 31 heavy (non-hydrogen) atoms. The van der Waals surface area contributed by atoms with Crippen molar-refractivity contribution >= 4 is 17.4 Å². The standard InChI is InChI=1S/C25H27N5O/c31-25(18-8-6-9-18)30-15-5-4-13-22(30)24-28-21(19-10-7-14-26-17-19)16-23(29-24)27-20-11-2-1-3-12-20/h1-3,7,10-12,14,16-18,22H,4-6,8-9,13,15H2,(H,27,28,29). The summed E-state index contributed by atoms with van der Waals surface area (Å²) in [6.45, 7) is 0.794. The summed E-state index contributed by atoms with van der Waals surface area (Å²) in [5.41, 5.74) is 2.73. The third kappa shape index (κ3) is 4.29. The SMILES string of the molecule is O=C(C1CCC1)N1CCCCC1c1nc(Nc2ccccc2)cc(-c2cccnc2)n1. The summed E-state index contributed by atoms with van der Waals surface area (Å²) in [6, 6.07) is 15.8. The van der Waals surface area contributed by atoms with Crippen LogP contribution in [0.4, 0.5) is 11.5 Å². The van der Waals surface area contributed by atoms with Crippen LogP contribution < -0.4 is 5.32 Å². The Morgan fingerprint density at radius 2 is 1.84 bits per heavy atom. The molecule has 3 aromatic rings. The van der Waals surface area contributed by atoms with Crippen LogP contribution in [-0.4, -0.2) is 32.3 Å². The number of pyridine rings is 1. The van der Waals surface area contributed by atoms with Gasteiger partial charge in [0.05, 0.1) is 11.7 Å². The third-order valence-corrected chi connectivity index (χ3v) is 6.29. The van der Waals surface area contributed by atoms with E-state index in [0.29, 0.717) is 5.82 Å². The van der Waals surface area contributed by atoms with Crippen LogP contribution in [0, 0.1) is 5.92 Å². The van der Waals surface area contributed by atoms with Gasteiger partial charge in [0.25, 0.3) is 0 Å². The largest absolute Gasteiger partial charge is 0.340 e. The Labute approximate surface area is 182 Å². The number of aromatic nitrogens is 3. The second-order valence-corrected chi connectivity index (χ2v) is 8.40. The number of rotatable bonds is 5. The molecule has 1 aliphatic heterocycles. The molecule has 1 N–H and O–H groups in total. The van der Waals surface area contributed by atoms with Crippen molar-refractivity contribution in [2.75, 3.05) is 11.9 Å². The molecule has 1 saturated carbocycles. The molecular formula is C25H27N5O. The van der Waals surface area contributed by atoms with Crippen LogP contribution in [0.15, 0.2) is 60.9 Å². The number of anilines is 2. The van der Waals surface area contributed by atoms with E-state index in [1.807, 2.05) is 59.6 Å². The Balaban J connectivity index is 1.52. The molecule has 2 aliphatic rings. The van der Waals surface area contributed by atoms with Gasteiger partial charge in [0.15, 0.2) is 5.82 Å². The second-order valence-electron chi connectivity index (χ2n) is 8.40. The first-order chi connectivity index (χ1) is 15.3. The summed E-state index contributed by atoms with van der Waals surface area (Å²) >= 11 is 0. The number of para-hydroxylation sites is 1. The van der Waals surface area contributed by atoms with Gasteiger partial charge in [-0.25, -0.2) is 9.97 Å². The van der Waals surface area contributed by atoms with Gasteiger partial charge in [0, 0.05) is 42.2 Å². The molecule has 0 spiro atoms. The number of likely N-dealkylation sites (tertiary alicyclic amines) is 1. The van der Waals surface area contributed by atoms with Crippen molar-refractivity contribution in [1.82, 2.24) is 19.9 Å². The number of benzene rings is 1. The molecule has 6 heteroatoms. The molecule has 1 unspecified atom stereocenters. The fraction of sp³-hybridized carbons (Fsp3) is 0.360. The molecule has 1 amide bonds. The molecule has 0 radical (unpaired) electrons. The highest BCUT2D eigenvalue weighted by atomic mass is 16.2. The average Bonchev–Trinajstić information content (AvgIpc) is 2.79. The van der Waals surface area contributed by atoms with E-state index in [4.69, 9.17) is 9.97 Å². The maximum absolute atomic E-state index is 13.1. The fourth-order valence-electron chi connectivity index (χ4n) is 4.36. The predicted octanol–water partition coefficient (Wildman–Crippen LogP) is 5.14. The first-order valence-corrected chi connectivity index (χ1v) is 11.2. The van der Waals surface area contributed by atoms with Gasteiger partial charge < -0.3 is 10.2 Å². The molecule has 1 aromatic carbocycles. The van der Waals surface area contributed by atoms with Crippen LogP contribution in [0.5, 0.6) is 0 Å². The molecule has 0 bridgehead atoms. The van der Waals surface area contributed by atoms with Crippen molar-refractivity contribution in [3.63, 3.8) is 0 Å². The van der Waals surface area contributed by atoms with Crippen molar-refractivity contribution in [2.45, 2.75) is 44.6 Å². The van der Waals surface area contributed by atoms with E-state index in [0.717, 1.165) is 67.8 Å². The maximum atomic E-state index is 13.1. The molecule has 1 aliphatic carbocycles. The lowest BCUT2D eigenvalue weighted by Gasteiger charge is -2.39. The number of nitrogens with zero attached hydrogens (tertiary/aromatic N) is 4. The van der Waals surface area contributed by atoms with Crippen LogP contribution in [0.1, 0.15) is 50.4 Å². The molecule has 6 nitrogen and oxygen atoms in total. The number of carbonyl (C=O) groups excluding carboxylic acids is 1. The number of hydrogen-bond donors (Lipinski definition) is 1. The molecule has 3 heterocycles. The molecule has 1 saturated heterocycles. The Morgan fingerprint density at radius 1 is 0.968 bits per heavy atom. The van der Waals surface area contributed by atoms with E-state index in [1.54, 1.807) is 6.20 Å². The van der Waals surface area contributed by atoms with E-state index in [9.17, 15) is 4.79 Å². The molecule has 2 aromatic heterocycles. The maximum Gasteiger partial charge on any atom is 0.226 e. The average molecular weight is 414 g/mol. The van der Waals surface area contributed by atoms with Gasteiger partial charge in [-0.05, 0) is 56.4 Å². The third-order valence-electron chi connectivity index (χ3n) is 6.29. The zero-order valence-electron chi connectivity index (χ0n) is 17.6. The van der Waals surface area contributed by atoms with Gasteiger partial charge in [-0.3, -0.25) is 9.78 Å². The smallest absolute Gasteiger partial charge is 0.226 e. The van der Waals surface area contributed by atoms with Gasteiger partial charge >= 0.3 is 0 Å². The lowest BCUT2D eigenvalue weighted by molar-refractivity contribution is -0.142. The summed E-state index contributed by atoms with van der Waals surface area (Å²) < 4.78 is 0. The van der Waals surface area contributed by atoms with Crippen molar-refractivity contribution in [3.05, 3.63) is 66.7 Å². The molecule has 158 valence electrons. The van der Waals surface area contributed by atoms with E-state index < -0.39 is 0 Å². The van der Waals surface area contributed by atoms with E-state index in [2.05, 4.69) is 10.3 Å². The molecule has 1 atom stereocenters. The van der Waals surface area contributed by atoms with Gasteiger partial charge in [0.1, 0.15) is 5.82 Å². The molecule has 5 rings (SSSR count). The number of hydrogen-bond acceptors (Lipinski definition) is 5. The summed E-state index contributed by atoms with van der Waals surface area (Å²) in [5.74, 6) is 1.91. The van der Waals surface area contributed by atoms with Crippen molar-refractivity contribution in [1.29, 1.82) is 0 Å². The Bertz CT molecular complexity index is 1040. The number of carbonyl (C=O) groups is 1. The highest BCUT2D eigenvalue weighted by molar-refractivity contribution is 5.80. The van der Waals surface area contributed by atoms with Crippen molar-refractivity contribution in [3.8, 4) is 11.3 Å². The molecule has 2 fully saturated rings. The first-order valence-electron chi connectivity index (χ1n) is 11.2. The van der Waals surface area contributed by atoms with Gasteiger partial charge in [-0.2, -0.15) is 0 Å². The number of amides is 1.